The molecule has 0 radical (unpaired) electrons. The molecule has 0 spiro atoms. The van der Waals surface area contributed by atoms with Gasteiger partial charge in [0.2, 0.25) is 11.8 Å². The monoisotopic (exact) mass is 257 g/mol. The standard InChI is InChI=1S/C11H19N3O4/c1-11(2,3)18-10(17)13-5-4-12-7-6-8(15)14-9(7)16/h7,12H,4-6H2,1-3H3,(H,13,17)(H,14,15,16). The van der Waals surface area contributed by atoms with Crippen molar-refractivity contribution in [3.63, 3.8) is 0 Å². The van der Waals surface area contributed by atoms with E-state index in [1.54, 1.807) is 20.8 Å². The lowest BCUT2D eigenvalue weighted by Crippen LogP contribution is -2.41. The molecule has 1 heterocycles. The predicted octanol–water partition coefficient (Wildman–Crippen LogP) is -0.484. The van der Waals surface area contributed by atoms with E-state index in [0.29, 0.717) is 13.1 Å². The van der Waals surface area contributed by atoms with Crippen LogP contribution in [0.4, 0.5) is 4.79 Å². The molecule has 0 aromatic rings. The fourth-order valence-electron chi connectivity index (χ4n) is 1.44. The van der Waals surface area contributed by atoms with Gasteiger partial charge in [-0.05, 0) is 20.8 Å². The van der Waals surface area contributed by atoms with E-state index in [1.807, 2.05) is 0 Å². The molecule has 0 aromatic carbocycles. The van der Waals surface area contributed by atoms with Gasteiger partial charge in [-0.15, -0.1) is 0 Å². The summed E-state index contributed by atoms with van der Waals surface area (Å²) < 4.78 is 5.04. The second-order valence-electron chi connectivity index (χ2n) is 5.05. The van der Waals surface area contributed by atoms with Gasteiger partial charge in [-0.1, -0.05) is 0 Å². The van der Waals surface area contributed by atoms with E-state index in [-0.39, 0.29) is 18.2 Å². The lowest BCUT2D eigenvalue weighted by molar-refractivity contribution is -0.125. The number of nitrogens with one attached hydrogen (secondary N) is 3. The Morgan fingerprint density at radius 2 is 2.06 bits per heavy atom. The van der Waals surface area contributed by atoms with Gasteiger partial charge in [0.25, 0.3) is 0 Å². The minimum atomic E-state index is -0.532. The van der Waals surface area contributed by atoms with Crippen molar-refractivity contribution in [1.29, 1.82) is 0 Å². The molecule has 1 fully saturated rings. The van der Waals surface area contributed by atoms with Crippen molar-refractivity contribution in [2.24, 2.45) is 0 Å². The van der Waals surface area contributed by atoms with E-state index in [4.69, 9.17) is 4.74 Å². The number of hydrogen-bond acceptors (Lipinski definition) is 5. The summed E-state index contributed by atoms with van der Waals surface area (Å²) in [5.41, 5.74) is -0.532. The third-order valence-electron chi connectivity index (χ3n) is 2.15. The molecule has 3 N–H and O–H groups in total. The second-order valence-corrected chi connectivity index (χ2v) is 5.05. The Kier molecular flexibility index (Phi) is 4.66. The summed E-state index contributed by atoms with van der Waals surface area (Å²) in [6, 6.07) is -0.502. The van der Waals surface area contributed by atoms with E-state index in [1.165, 1.54) is 0 Å². The summed E-state index contributed by atoms with van der Waals surface area (Å²) in [5.74, 6) is -0.602. The van der Waals surface area contributed by atoms with Gasteiger partial charge in [0, 0.05) is 13.1 Å². The predicted molar refractivity (Wildman–Crippen MR) is 63.8 cm³/mol. The SMILES string of the molecule is CC(C)(C)OC(=O)NCCNC1CC(=O)NC1=O. The number of alkyl carbamates (subject to hydrolysis) is 1. The van der Waals surface area contributed by atoms with Crippen LogP contribution in [-0.2, 0) is 14.3 Å². The fourth-order valence-corrected chi connectivity index (χ4v) is 1.44. The first-order chi connectivity index (χ1) is 8.28. The molecule has 1 saturated heterocycles. The molecule has 1 atom stereocenters. The number of carbonyl (C=O) groups is 3. The molecule has 0 bridgehead atoms. The maximum absolute atomic E-state index is 11.3. The lowest BCUT2D eigenvalue weighted by Gasteiger charge is -2.19. The van der Waals surface area contributed by atoms with E-state index >= 15 is 0 Å². The highest BCUT2D eigenvalue weighted by molar-refractivity contribution is 6.05. The summed E-state index contributed by atoms with van der Waals surface area (Å²) in [6.45, 7) is 6.05. The summed E-state index contributed by atoms with van der Waals surface area (Å²) in [7, 11) is 0. The number of amides is 3. The van der Waals surface area contributed by atoms with Crippen LogP contribution in [0.25, 0.3) is 0 Å². The molecule has 1 aliphatic heterocycles. The minimum Gasteiger partial charge on any atom is -0.444 e. The number of hydrogen-bond donors (Lipinski definition) is 3. The summed E-state index contributed by atoms with van der Waals surface area (Å²) in [4.78, 5) is 33.4. The van der Waals surface area contributed by atoms with Crippen LogP contribution in [0.3, 0.4) is 0 Å². The van der Waals surface area contributed by atoms with Crippen LogP contribution in [0, 0.1) is 0 Å². The van der Waals surface area contributed by atoms with Crippen LogP contribution in [0.5, 0.6) is 0 Å². The van der Waals surface area contributed by atoms with Gasteiger partial charge >= 0.3 is 6.09 Å². The molecule has 7 nitrogen and oxygen atoms in total. The van der Waals surface area contributed by atoms with Gasteiger partial charge in [0.15, 0.2) is 0 Å². The van der Waals surface area contributed by atoms with Crippen LogP contribution in [0.15, 0.2) is 0 Å². The number of rotatable bonds is 4. The highest BCUT2D eigenvalue weighted by atomic mass is 16.6. The van der Waals surface area contributed by atoms with Gasteiger partial charge in [0.05, 0.1) is 12.5 Å². The van der Waals surface area contributed by atoms with Gasteiger partial charge < -0.3 is 15.4 Å². The Balaban J connectivity index is 2.14. The zero-order chi connectivity index (χ0) is 13.8. The number of imide groups is 1. The van der Waals surface area contributed by atoms with Crippen LogP contribution >= 0.6 is 0 Å². The third-order valence-corrected chi connectivity index (χ3v) is 2.15. The van der Waals surface area contributed by atoms with Crippen molar-refractivity contribution >= 4 is 17.9 Å². The summed E-state index contributed by atoms with van der Waals surface area (Å²) >= 11 is 0. The summed E-state index contributed by atoms with van der Waals surface area (Å²) in [5, 5.41) is 7.62. The van der Waals surface area contributed by atoms with Gasteiger partial charge in [-0.3, -0.25) is 14.9 Å². The van der Waals surface area contributed by atoms with Crippen molar-refractivity contribution in [3.8, 4) is 0 Å². The fraction of sp³-hybridized carbons (Fsp3) is 0.727. The Bertz CT molecular complexity index is 349. The van der Waals surface area contributed by atoms with E-state index in [2.05, 4.69) is 16.0 Å². The van der Waals surface area contributed by atoms with E-state index in [0.717, 1.165) is 0 Å². The topological polar surface area (TPSA) is 96.5 Å². The first kappa shape index (κ1) is 14.4. The molecular weight excluding hydrogens is 238 g/mol. The highest BCUT2D eigenvalue weighted by Crippen LogP contribution is 2.06. The zero-order valence-corrected chi connectivity index (χ0v) is 10.8. The smallest absolute Gasteiger partial charge is 0.407 e. The normalized spacial score (nSPS) is 19.6. The maximum Gasteiger partial charge on any atom is 0.407 e. The quantitative estimate of drug-likeness (QED) is 0.467. The van der Waals surface area contributed by atoms with Crippen molar-refractivity contribution in [2.75, 3.05) is 13.1 Å². The second kappa shape index (κ2) is 5.81. The van der Waals surface area contributed by atoms with E-state index in [9.17, 15) is 14.4 Å². The molecule has 7 heteroatoms. The molecule has 0 aliphatic carbocycles. The molecule has 102 valence electrons. The molecular formula is C11H19N3O4. The van der Waals surface area contributed by atoms with Crippen LogP contribution < -0.4 is 16.0 Å². The third kappa shape index (κ3) is 5.13. The summed E-state index contributed by atoms with van der Waals surface area (Å²) in [6.07, 6.45) is -0.359. The molecule has 0 aromatic heterocycles. The average Bonchev–Trinajstić information content (AvgIpc) is 2.49. The van der Waals surface area contributed by atoms with Crippen LogP contribution in [0.2, 0.25) is 0 Å². The molecule has 18 heavy (non-hydrogen) atoms. The van der Waals surface area contributed by atoms with E-state index < -0.39 is 17.7 Å². The molecule has 0 saturated carbocycles. The van der Waals surface area contributed by atoms with Gasteiger partial charge in [0.1, 0.15) is 5.60 Å². The largest absolute Gasteiger partial charge is 0.444 e. The van der Waals surface area contributed by atoms with Crippen molar-refractivity contribution < 1.29 is 19.1 Å². The first-order valence-electron chi connectivity index (χ1n) is 5.82. The van der Waals surface area contributed by atoms with Crippen molar-refractivity contribution in [2.45, 2.75) is 38.8 Å². The van der Waals surface area contributed by atoms with Crippen molar-refractivity contribution in [3.05, 3.63) is 0 Å². The number of carbonyl (C=O) groups excluding carboxylic acids is 3. The first-order valence-corrected chi connectivity index (χ1v) is 5.82. The van der Waals surface area contributed by atoms with Crippen LogP contribution in [0.1, 0.15) is 27.2 Å². The Morgan fingerprint density at radius 3 is 2.56 bits per heavy atom. The minimum absolute atomic E-state index is 0.144. The maximum atomic E-state index is 11.3. The average molecular weight is 257 g/mol. The molecule has 1 unspecified atom stereocenters. The molecule has 1 aliphatic rings. The van der Waals surface area contributed by atoms with Crippen molar-refractivity contribution in [1.82, 2.24) is 16.0 Å². The molecule has 1 rings (SSSR count). The van der Waals surface area contributed by atoms with Gasteiger partial charge in [-0.2, -0.15) is 0 Å². The Labute approximate surface area is 106 Å². The molecule has 3 amide bonds. The number of ether oxygens (including phenoxy) is 1. The highest BCUT2D eigenvalue weighted by Gasteiger charge is 2.29. The zero-order valence-electron chi connectivity index (χ0n) is 10.8. The van der Waals surface area contributed by atoms with Gasteiger partial charge in [-0.25, -0.2) is 4.79 Å². The Hall–Kier alpha value is -1.63. The lowest BCUT2D eigenvalue weighted by atomic mass is 10.2. The Morgan fingerprint density at radius 1 is 1.39 bits per heavy atom. The van der Waals surface area contributed by atoms with Crippen LogP contribution in [-0.4, -0.2) is 42.6 Å².